The zero-order chi connectivity index (χ0) is 12.1. The molecule has 2 aromatic rings. The summed E-state index contributed by atoms with van der Waals surface area (Å²) in [6.07, 6.45) is 1.57. The monoisotopic (exact) mass is 227 g/mol. The molecule has 0 aliphatic heterocycles. The highest BCUT2D eigenvalue weighted by molar-refractivity contribution is 5.60. The van der Waals surface area contributed by atoms with Gasteiger partial charge in [0.2, 0.25) is 5.88 Å². The van der Waals surface area contributed by atoms with Crippen LogP contribution in [0.25, 0.3) is 21.7 Å². The summed E-state index contributed by atoms with van der Waals surface area (Å²) in [5.41, 5.74) is 9.97. The Morgan fingerprint density at radius 3 is 2.71 bits per heavy atom. The van der Waals surface area contributed by atoms with E-state index in [1.54, 1.807) is 6.20 Å². The Kier molecular flexibility index (Phi) is 3.18. The van der Waals surface area contributed by atoms with Crippen LogP contribution in [-0.4, -0.2) is 17.1 Å². The first-order valence-corrected chi connectivity index (χ1v) is 4.86. The van der Waals surface area contributed by atoms with Crippen LogP contribution < -0.4 is 4.74 Å². The van der Waals surface area contributed by atoms with Crippen molar-refractivity contribution in [2.45, 2.75) is 0 Å². The lowest BCUT2D eigenvalue weighted by Crippen LogP contribution is -1.92. The van der Waals surface area contributed by atoms with Gasteiger partial charge in [-0.25, -0.2) is 9.97 Å². The number of nitrogens with zero attached hydrogens (tertiary/aromatic N) is 5. The van der Waals surface area contributed by atoms with Gasteiger partial charge in [-0.3, -0.25) is 0 Å². The van der Waals surface area contributed by atoms with E-state index in [4.69, 9.17) is 10.3 Å². The van der Waals surface area contributed by atoms with E-state index in [1.807, 2.05) is 30.3 Å². The van der Waals surface area contributed by atoms with Crippen molar-refractivity contribution in [2.24, 2.45) is 5.11 Å². The molecule has 0 aliphatic carbocycles. The van der Waals surface area contributed by atoms with Crippen LogP contribution in [0, 0.1) is 0 Å². The van der Waals surface area contributed by atoms with Gasteiger partial charge >= 0.3 is 0 Å². The minimum absolute atomic E-state index is 0.136. The Balaban J connectivity index is 2.51. The maximum Gasteiger partial charge on any atom is 0.242 e. The maximum absolute atomic E-state index is 8.44. The summed E-state index contributed by atoms with van der Waals surface area (Å²) in [7, 11) is 1.45. The van der Waals surface area contributed by atoms with Crippen LogP contribution in [0.5, 0.6) is 5.88 Å². The van der Waals surface area contributed by atoms with Crippen LogP contribution in [0.2, 0.25) is 0 Å². The Morgan fingerprint density at radius 1 is 1.29 bits per heavy atom. The van der Waals surface area contributed by atoms with Crippen molar-refractivity contribution in [1.29, 1.82) is 0 Å². The summed E-state index contributed by atoms with van der Waals surface area (Å²) in [5.74, 6) is 0.346. The van der Waals surface area contributed by atoms with Crippen LogP contribution in [0.1, 0.15) is 0 Å². The molecule has 0 amide bonds. The number of ether oxygens (including phenoxy) is 1. The zero-order valence-electron chi connectivity index (χ0n) is 9.11. The molecule has 0 unspecified atom stereocenters. The summed E-state index contributed by atoms with van der Waals surface area (Å²) in [4.78, 5) is 10.9. The minimum Gasteiger partial charge on any atom is -0.480 e. The first-order valence-electron chi connectivity index (χ1n) is 4.86. The minimum atomic E-state index is 0.136. The fourth-order valence-corrected chi connectivity index (χ4v) is 1.37. The first-order chi connectivity index (χ1) is 8.35. The normalized spacial score (nSPS) is 9.47. The molecule has 1 aromatic heterocycles. The summed E-state index contributed by atoms with van der Waals surface area (Å²) in [6.45, 7) is 0. The lowest BCUT2D eigenvalue weighted by molar-refractivity contribution is 0.397. The molecule has 2 rings (SSSR count). The SMILES string of the molecule is COc1ncc(-c2ccccc2)nc1N=[N+]=[N-]. The second kappa shape index (κ2) is 4.96. The van der Waals surface area contributed by atoms with Crippen molar-refractivity contribution in [1.82, 2.24) is 9.97 Å². The maximum atomic E-state index is 8.44. The van der Waals surface area contributed by atoms with Gasteiger partial charge in [0.25, 0.3) is 0 Å². The van der Waals surface area contributed by atoms with Gasteiger partial charge in [-0.1, -0.05) is 30.3 Å². The molecule has 84 valence electrons. The van der Waals surface area contributed by atoms with Crippen LogP contribution in [0.15, 0.2) is 41.6 Å². The summed E-state index contributed by atoms with van der Waals surface area (Å²) in [5, 5.41) is 3.45. The molecule has 6 heteroatoms. The van der Waals surface area contributed by atoms with Gasteiger partial charge in [0, 0.05) is 10.5 Å². The largest absolute Gasteiger partial charge is 0.480 e. The van der Waals surface area contributed by atoms with Crippen molar-refractivity contribution >= 4 is 5.82 Å². The van der Waals surface area contributed by atoms with Crippen LogP contribution in [0.4, 0.5) is 5.82 Å². The van der Waals surface area contributed by atoms with Gasteiger partial charge in [0.1, 0.15) is 0 Å². The first kappa shape index (κ1) is 10.9. The molecule has 0 saturated heterocycles. The van der Waals surface area contributed by atoms with Gasteiger partial charge in [0.05, 0.1) is 19.0 Å². The van der Waals surface area contributed by atoms with Crippen molar-refractivity contribution in [2.75, 3.05) is 7.11 Å². The van der Waals surface area contributed by atoms with Gasteiger partial charge in [-0.2, -0.15) is 0 Å². The number of benzene rings is 1. The van der Waals surface area contributed by atoms with E-state index in [-0.39, 0.29) is 11.7 Å². The fraction of sp³-hybridized carbons (Fsp3) is 0.0909. The van der Waals surface area contributed by atoms with E-state index < -0.39 is 0 Å². The molecule has 0 radical (unpaired) electrons. The third-order valence-corrected chi connectivity index (χ3v) is 2.12. The van der Waals surface area contributed by atoms with E-state index in [1.165, 1.54) is 7.11 Å². The molecule has 0 fully saturated rings. The Hall–Kier alpha value is -2.59. The third-order valence-electron chi connectivity index (χ3n) is 2.12. The van der Waals surface area contributed by atoms with Gasteiger partial charge in [-0.05, 0) is 10.6 Å². The van der Waals surface area contributed by atoms with Crippen LogP contribution >= 0.6 is 0 Å². The predicted molar refractivity (Wildman–Crippen MR) is 62.8 cm³/mol. The van der Waals surface area contributed by atoms with Gasteiger partial charge in [-0.15, -0.1) is 0 Å². The molecule has 1 aromatic carbocycles. The van der Waals surface area contributed by atoms with Crippen molar-refractivity contribution < 1.29 is 4.74 Å². The molecule has 0 atom stereocenters. The Bertz CT molecular complexity index is 563. The molecule has 0 N–H and O–H groups in total. The standard InChI is InChI=1S/C11H9N5O/c1-17-11-10(15-16-12)14-9(7-13-11)8-5-3-2-4-6-8/h2-7H,1H3. The summed E-state index contributed by atoms with van der Waals surface area (Å²) in [6, 6.07) is 9.50. The van der Waals surface area contributed by atoms with Crippen LogP contribution in [-0.2, 0) is 0 Å². The zero-order valence-corrected chi connectivity index (χ0v) is 9.11. The highest BCUT2D eigenvalue weighted by Crippen LogP contribution is 2.26. The van der Waals surface area contributed by atoms with Crippen LogP contribution in [0.3, 0.4) is 0 Å². The third kappa shape index (κ3) is 2.32. The van der Waals surface area contributed by atoms with E-state index >= 15 is 0 Å². The lowest BCUT2D eigenvalue weighted by atomic mass is 10.2. The molecule has 0 spiro atoms. The number of hydrogen-bond acceptors (Lipinski definition) is 4. The van der Waals surface area contributed by atoms with E-state index in [2.05, 4.69) is 20.0 Å². The Morgan fingerprint density at radius 2 is 2.06 bits per heavy atom. The smallest absolute Gasteiger partial charge is 0.242 e. The van der Waals surface area contributed by atoms with E-state index in [0.29, 0.717) is 5.69 Å². The molecule has 0 bridgehead atoms. The average molecular weight is 227 g/mol. The number of hydrogen-bond donors (Lipinski definition) is 0. The number of aromatic nitrogens is 2. The molecular formula is C11H9N5O. The lowest BCUT2D eigenvalue weighted by Gasteiger charge is -2.04. The van der Waals surface area contributed by atoms with Crippen molar-refractivity contribution in [3.05, 3.63) is 47.0 Å². The van der Waals surface area contributed by atoms with Crippen molar-refractivity contribution in [3.63, 3.8) is 0 Å². The molecular weight excluding hydrogens is 218 g/mol. The number of rotatable bonds is 3. The second-order valence-corrected chi connectivity index (χ2v) is 3.14. The van der Waals surface area contributed by atoms with Crippen molar-refractivity contribution in [3.8, 4) is 17.1 Å². The second-order valence-electron chi connectivity index (χ2n) is 3.14. The predicted octanol–water partition coefficient (Wildman–Crippen LogP) is 3.09. The molecule has 0 aliphatic rings. The highest BCUT2D eigenvalue weighted by atomic mass is 16.5. The van der Waals surface area contributed by atoms with Gasteiger partial charge < -0.3 is 4.74 Å². The van der Waals surface area contributed by atoms with Gasteiger partial charge in [0.15, 0.2) is 5.82 Å². The average Bonchev–Trinajstić information content (AvgIpc) is 2.40. The highest BCUT2D eigenvalue weighted by Gasteiger charge is 2.07. The fourth-order valence-electron chi connectivity index (χ4n) is 1.37. The van der Waals surface area contributed by atoms with E-state index in [0.717, 1.165) is 5.56 Å². The van der Waals surface area contributed by atoms with E-state index in [9.17, 15) is 0 Å². The summed E-state index contributed by atoms with van der Waals surface area (Å²) >= 11 is 0. The quantitative estimate of drug-likeness (QED) is 0.458. The number of methoxy groups -OCH3 is 1. The molecule has 0 saturated carbocycles. The Labute approximate surface area is 97.5 Å². The molecule has 1 heterocycles. The molecule has 17 heavy (non-hydrogen) atoms. The topological polar surface area (TPSA) is 83.8 Å². The molecule has 6 nitrogen and oxygen atoms in total. The summed E-state index contributed by atoms with van der Waals surface area (Å²) < 4.78 is 4.95. The number of azide groups is 1.